The Bertz CT molecular complexity index is 587. The quantitative estimate of drug-likeness (QED) is 0.634. The molecule has 2 atom stereocenters. The molecular formula is C13H18N2O4S. The molecule has 0 amide bonds. The SMILES string of the molecule is C[C@@H]1CCC[C@@H](C)N1S(=O)(=O)c1ccc([N+](=O)[O-])cc1. The summed E-state index contributed by atoms with van der Waals surface area (Å²) in [5.74, 6) is 0. The fourth-order valence-electron chi connectivity index (χ4n) is 2.73. The van der Waals surface area contributed by atoms with Crippen molar-refractivity contribution >= 4 is 15.7 Å². The molecule has 0 saturated carbocycles. The van der Waals surface area contributed by atoms with E-state index in [0.29, 0.717) is 0 Å². The first-order valence-electron chi connectivity index (χ1n) is 6.62. The van der Waals surface area contributed by atoms with E-state index in [1.165, 1.54) is 28.6 Å². The number of nitro groups is 1. The van der Waals surface area contributed by atoms with Crippen LogP contribution in [0, 0.1) is 10.1 Å². The highest BCUT2D eigenvalue weighted by Gasteiger charge is 2.35. The van der Waals surface area contributed by atoms with Crippen LogP contribution >= 0.6 is 0 Å². The van der Waals surface area contributed by atoms with Gasteiger partial charge in [-0.25, -0.2) is 8.42 Å². The van der Waals surface area contributed by atoms with Crippen molar-refractivity contribution < 1.29 is 13.3 Å². The minimum absolute atomic E-state index is 0.0426. The van der Waals surface area contributed by atoms with Gasteiger partial charge in [0.15, 0.2) is 0 Å². The van der Waals surface area contributed by atoms with E-state index < -0.39 is 14.9 Å². The predicted octanol–water partition coefficient (Wildman–Crippen LogP) is 2.55. The molecule has 1 saturated heterocycles. The Morgan fingerprint density at radius 1 is 1.15 bits per heavy atom. The minimum atomic E-state index is -3.59. The van der Waals surface area contributed by atoms with Crippen LogP contribution in [0.15, 0.2) is 29.2 Å². The first-order chi connectivity index (χ1) is 9.34. The summed E-state index contributed by atoms with van der Waals surface area (Å²) in [7, 11) is -3.59. The van der Waals surface area contributed by atoms with Gasteiger partial charge in [0.05, 0.1) is 9.82 Å². The van der Waals surface area contributed by atoms with Crippen LogP contribution in [0.1, 0.15) is 33.1 Å². The molecule has 0 N–H and O–H groups in total. The van der Waals surface area contributed by atoms with E-state index in [2.05, 4.69) is 0 Å². The van der Waals surface area contributed by atoms with Gasteiger partial charge in [-0.1, -0.05) is 6.42 Å². The number of rotatable bonds is 3. The van der Waals surface area contributed by atoms with E-state index in [4.69, 9.17) is 0 Å². The third-order valence-corrected chi connectivity index (χ3v) is 5.88. The van der Waals surface area contributed by atoms with Gasteiger partial charge in [-0.15, -0.1) is 0 Å². The lowest BCUT2D eigenvalue weighted by atomic mass is 10.0. The number of piperidine rings is 1. The third-order valence-electron chi connectivity index (χ3n) is 3.74. The Labute approximate surface area is 118 Å². The standard InChI is InChI=1S/C13H18N2O4S/c1-10-4-3-5-11(2)14(10)20(18,19)13-8-6-12(7-9-13)15(16)17/h6-11H,3-5H2,1-2H3/t10-,11-/m1/s1. The highest BCUT2D eigenvalue weighted by Crippen LogP contribution is 2.30. The highest BCUT2D eigenvalue weighted by molar-refractivity contribution is 7.89. The molecule has 0 aromatic heterocycles. The lowest BCUT2D eigenvalue weighted by Crippen LogP contribution is -2.47. The number of non-ortho nitro benzene ring substituents is 1. The number of sulfonamides is 1. The molecule has 0 aliphatic carbocycles. The zero-order valence-electron chi connectivity index (χ0n) is 11.5. The maximum Gasteiger partial charge on any atom is 0.269 e. The van der Waals surface area contributed by atoms with Crippen molar-refractivity contribution in [1.29, 1.82) is 0 Å². The predicted molar refractivity (Wildman–Crippen MR) is 74.9 cm³/mol. The van der Waals surface area contributed by atoms with Gasteiger partial charge in [-0.3, -0.25) is 10.1 Å². The second-order valence-corrected chi connectivity index (χ2v) is 7.06. The topological polar surface area (TPSA) is 80.5 Å². The molecule has 6 nitrogen and oxygen atoms in total. The summed E-state index contributed by atoms with van der Waals surface area (Å²) in [5, 5.41) is 10.6. The van der Waals surface area contributed by atoms with Gasteiger partial charge in [0.1, 0.15) is 0 Å². The molecule has 0 bridgehead atoms. The average Bonchev–Trinajstić information content (AvgIpc) is 2.38. The zero-order chi connectivity index (χ0) is 14.9. The fourth-order valence-corrected chi connectivity index (χ4v) is 4.61. The van der Waals surface area contributed by atoms with Gasteiger partial charge in [0, 0.05) is 24.2 Å². The average molecular weight is 298 g/mol. The number of nitro benzene ring substituents is 1. The molecule has 1 aromatic carbocycles. The Morgan fingerprint density at radius 3 is 2.10 bits per heavy atom. The summed E-state index contributed by atoms with van der Waals surface area (Å²) < 4.78 is 26.8. The van der Waals surface area contributed by atoms with E-state index in [1.54, 1.807) is 0 Å². The minimum Gasteiger partial charge on any atom is -0.258 e. The van der Waals surface area contributed by atoms with Crippen LogP contribution in [-0.4, -0.2) is 29.7 Å². The van der Waals surface area contributed by atoms with Crippen molar-refractivity contribution in [1.82, 2.24) is 4.31 Å². The fraction of sp³-hybridized carbons (Fsp3) is 0.538. The van der Waals surface area contributed by atoms with Gasteiger partial charge in [0.2, 0.25) is 10.0 Å². The molecule has 0 radical (unpaired) electrons. The second kappa shape index (κ2) is 5.49. The molecule has 1 aliphatic rings. The number of hydrogen-bond acceptors (Lipinski definition) is 4. The van der Waals surface area contributed by atoms with Crippen LogP contribution in [0.25, 0.3) is 0 Å². The van der Waals surface area contributed by atoms with Crippen LogP contribution in [-0.2, 0) is 10.0 Å². The van der Waals surface area contributed by atoms with Crippen LogP contribution in [0.5, 0.6) is 0 Å². The number of benzene rings is 1. The Kier molecular flexibility index (Phi) is 4.10. The third kappa shape index (κ3) is 2.69. The van der Waals surface area contributed by atoms with Crippen LogP contribution in [0.3, 0.4) is 0 Å². The normalized spacial score (nSPS) is 24.5. The summed E-state index contributed by atoms with van der Waals surface area (Å²) in [5.41, 5.74) is -0.108. The molecule has 1 aromatic rings. The molecule has 7 heteroatoms. The summed E-state index contributed by atoms with van der Waals surface area (Å²) in [6, 6.07) is 4.99. The Morgan fingerprint density at radius 2 is 1.65 bits per heavy atom. The monoisotopic (exact) mass is 298 g/mol. The maximum absolute atomic E-state index is 12.6. The van der Waals surface area contributed by atoms with Gasteiger partial charge in [0.25, 0.3) is 5.69 Å². The molecule has 1 heterocycles. The smallest absolute Gasteiger partial charge is 0.258 e. The maximum atomic E-state index is 12.6. The molecule has 1 fully saturated rings. The first-order valence-corrected chi connectivity index (χ1v) is 8.06. The second-order valence-electron chi connectivity index (χ2n) is 5.21. The summed E-state index contributed by atoms with van der Waals surface area (Å²) in [6.07, 6.45) is 2.71. The van der Waals surface area contributed by atoms with Gasteiger partial charge in [-0.05, 0) is 38.8 Å². The zero-order valence-corrected chi connectivity index (χ0v) is 12.3. The van der Waals surface area contributed by atoms with Gasteiger partial charge < -0.3 is 0 Å². The lowest BCUT2D eigenvalue weighted by Gasteiger charge is -2.37. The largest absolute Gasteiger partial charge is 0.269 e. The van der Waals surface area contributed by atoms with Crippen molar-refractivity contribution in [3.05, 3.63) is 34.4 Å². The lowest BCUT2D eigenvalue weighted by molar-refractivity contribution is -0.384. The van der Waals surface area contributed by atoms with Crippen molar-refractivity contribution in [2.75, 3.05) is 0 Å². The summed E-state index contributed by atoms with van der Waals surface area (Å²) in [6.45, 7) is 3.80. The van der Waals surface area contributed by atoms with E-state index in [1.807, 2.05) is 13.8 Å². The van der Waals surface area contributed by atoms with Crippen LogP contribution in [0.4, 0.5) is 5.69 Å². The van der Waals surface area contributed by atoms with Crippen molar-refractivity contribution in [3.63, 3.8) is 0 Å². The molecule has 1 aliphatic heterocycles. The molecule has 0 spiro atoms. The van der Waals surface area contributed by atoms with E-state index in [9.17, 15) is 18.5 Å². The van der Waals surface area contributed by atoms with Crippen molar-refractivity contribution in [3.8, 4) is 0 Å². The number of nitrogens with zero attached hydrogens (tertiary/aromatic N) is 2. The molecule has 20 heavy (non-hydrogen) atoms. The van der Waals surface area contributed by atoms with Crippen LogP contribution in [0.2, 0.25) is 0 Å². The van der Waals surface area contributed by atoms with E-state index in [-0.39, 0.29) is 22.7 Å². The molecule has 110 valence electrons. The van der Waals surface area contributed by atoms with Crippen molar-refractivity contribution in [2.45, 2.75) is 50.1 Å². The highest BCUT2D eigenvalue weighted by atomic mass is 32.2. The molecule has 0 unspecified atom stereocenters. The summed E-state index contributed by atoms with van der Waals surface area (Å²) in [4.78, 5) is 10.2. The van der Waals surface area contributed by atoms with Gasteiger partial charge in [-0.2, -0.15) is 4.31 Å². The van der Waals surface area contributed by atoms with Gasteiger partial charge >= 0.3 is 0 Å². The summed E-state index contributed by atoms with van der Waals surface area (Å²) >= 11 is 0. The van der Waals surface area contributed by atoms with E-state index >= 15 is 0 Å². The van der Waals surface area contributed by atoms with E-state index in [0.717, 1.165) is 19.3 Å². The number of hydrogen-bond donors (Lipinski definition) is 0. The van der Waals surface area contributed by atoms with Crippen molar-refractivity contribution in [2.24, 2.45) is 0 Å². The first kappa shape index (κ1) is 14.9. The molecular weight excluding hydrogens is 280 g/mol. The Balaban J connectivity index is 2.36. The molecule has 2 rings (SSSR count). The van der Waals surface area contributed by atoms with Crippen LogP contribution < -0.4 is 0 Å². The Hall–Kier alpha value is -1.47.